The number of benzene rings is 2. The lowest BCUT2D eigenvalue weighted by Gasteiger charge is -2.10. The van der Waals surface area contributed by atoms with Crippen molar-refractivity contribution >= 4 is 17.6 Å². The fourth-order valence-electron chi connectivity index (χ4n) is 2.61. The molecule has 0 bridgehead atoms. The van der Waals surface area contributed by atoms with Gasteiger partial charge >= 0.3 is 5.97 Å². The maximum absolute atomic E-state index is 12.3. The zero-order valence-corrected chi connectivity index (χ0v) is 15.7. The summed E-state index contributed by atoms with van der Waals surface area (Å²) < 4.78 is 15.6. The third-order valence-electron chi connectivity index (χ3n) is 4.25. The molecule has 0 fully saturated rings. The molecule has 0 aliphatic heterocycles. The summed E-state index contributed by atoms with van der Waals surface area (Å²) in [5.74, 6) is 0.163. The number of carbonyl (C=O) groups is 2. The molecule has 144 valence electrons. The van der Waals surface area contributed by atoms with E-state index in [0.29, 0.717) is 17.7 Å². The van der Waals surface area contributed by atoms with Gasteiger partial charge in [0.25, 0.3) is 5.91 Å². The van der Waals surface area contributed by atoms with Crippen LogP contribution in [0.5, 0.6) is 5.75 Å². The summed E-state index contributed by atoms with van der Waals surface area (Å²) in [6.45, 7) is 2.10. The molecule has 0 saturated heterocycles. The molecule has 28 heavy (non-hydrogen) atoms. The molecular formula is C22H21NO5. The van der Waals surface area contributed by atoms with Crippen molar-refractivity contribution in [3.8, 4) is 5.75 Å². The van der Waals surface area contributed by atoms with Gasteiger partial charge in [-0.1, -0.05) is 18.2 Å². The molecule has 0 unspecified atom stereocenters. The molecule has 0 radical (unpaired) electrons. The Morgan fingerprint density at radius 3 is 2.54 bits per heavy atom. The summed E-state index contributed by atoms with van der Waals surface area (Å²) in [5, 5.41) is 2.75. The molecular weight excluding hydrogens is 358 g/mol. The quantitative estimate of drug-likeness (QED) is 0.621. The van der Waals surface area contributed by atoms with Crippen LogP contribution in [0.2, 0.25) is 0 Å². The highest BCUT2D eigenvalue weighted by Crippen LogP contribution is 2.19. The molecule has 3 aromatic rings. The van der Waals surface area contributed by atoms with E-state index in [1.54, 1.807) is 37.4 Å². The molecule has 0 aliphatic carbocycles. The average Bonchev–Trinajstić information content (AvgIpc) is 3.25. The van der Waals surface area contributed by atoms with Crippen LogP contribution in [-0.4, -0.2) is 25.6 Å². The number of carbonyl (C=O) groups excluding carboxylic acids is 2. The molecule has 0 saturated carbocycles. The first-order valence-electron chi connectivity index (χ1n) is 8.82. The topological polar surface area (TPSA) is 77.8 Å². The van der Waals surface area contributed by atoms with Crippen LogP contribution in [0.15, 0.2) is 65.3 Å². The van der Waals surface area contributed by atoms with E-state index in [9.17, 15) is 9.59 Å². The average molecular weight is 379 g/mol. The highest BCUT2D eigenvalue weighted by Gasteiger charge is 2.13. The van der Waals surface area contributed by atoms with Crippen LogP contribution >= 0.6 is 0 Å². The first-order chi connectivity index (χ1) is 13.6. The molecule has 1 heterocycles. The first kappa shape index (κ1) is 19.2. The van der Waals surface area contributed by atoms with Crippen molar-refractivity contribution in [2.75, 3.05) is 19.0 Å². The Bertz CT molecular complexity index is 946. The van der Waals surface area contributed by atoms with Crippen LogP contribution in [0, 0.1) is 6.92 Å². The zero-order valence-electron chi connectivity index (χ0n) is 15.7. The van der Waals surface area contributed by atoms with E-state index >= 15 is 0 Å². The number of esters is 1. The molecule has 2 aromatic carbocycles. The second kappa shape index (κ2) is 8.90. The fraction of sp³-hybridized carbons (Fsp3) is 0.182. The minimum Gasteiger partial charge on any atom is -0.497 e. The summed E-state index contributed by atoms with van der Waals surface area (Å²) in [5.41, 5.74) is 2.78. The van der Waals surface area contributed by atoms with Gasteiger partial charge in [-0.25, -0.2) is 4.79 Å². The van der Waals surface area contributed by atoms with Gasteiger partial charge in [0, 0.05) is 12.1 Å². The van der Waals surface area contributed by atoms with Crippen LogP contribution in [0.4, 0.5) is 5.69 Å². The molecule has 6 heteroatoms. The van der Waals surface area contributed by atoms with Gasteiger partial charge in [0.1, 0.15) is 5.75 Å². The second-order valence-electron chi connectivity index (χ2n) is 6.20. The number of anilines is 1. The van der Waals surface area contributed by atoms with E-state index < -0.39 is 5.97 Å². The Labute approximate surface area is 163 Å². The van der Waals surface area contributed by atoms with E-state index in [-0.39, 0.29) is 18.3 Å². The summed E-state index contributed by atoms with van der Waals surface area (Å²) in [6, 6.07) is 15.8. The van der Waals surface area contributed by atoms with Crippen molar-refractivity contribution in [2.24, 2.45) is 0 Å². The van der Waals surface area contributed by atoms with Gasteiger partial charge < -0.3 is 19.2 Å². The van der Waals surface area contributed by atoms with Gasteiger partial charge in [0.2, 0.25) is 0 Å². The van der Waals surface area contributed by atoms with Crippen LogP contribution in [0.3, 0.4) is 0 Å². The molecule has 0 spiro atoms. The number of hydrogen-bond acceptors (Lipinski definition) is 5. The Balaban J connectivity index is 1.59. The number of nitrogens with one attached hydrogen (secondary N) is 1. The summed E-state index contributed by atoms with van der Waals surface area (Å²) in [6.07, 6.45) is 2.03. The lowest BCUT2D eigenvalue weighted by atomic mass is 10.1. The molecule has 1 N–H and O–H groups in total. The first-order valence-corrected chi connectivity index (χ1v) is 8.82. The van der Waals surface area contributed by atoms with Crippen molar-refractivity contribution in [2.45, 2.75) is 13.3 Å². The minimum atomic E-state index is -0.443. The Morgan fingerprint density at radius 2 is 1.86 bits per heavy atom. The van der Waals surface area contributed by atoms with Gasteiger partial charge in [0.05, 0.1) is 25.5 Å². The Hall–Kier alpha value is -3.54. The monoisotopic (exact) mass is 379 g/mol. The largest absolute Gasteiger partial charge is 0.497 e. The maximum atomic E-state index is 12.3. The van der Waals surface area contributed by atoms with E-state index in [0.717, 1.165) is 16.9 Å². The maximum Gasteiger partial charge on any atom is 0.338 e. The molecule has 1 amide bonds. The predicted molar refractivity (Wildman–Crippen MR) is 105 cm³/mol. The second-order valence-corrected chi connectivity index (χ2v) is 6.20. The van der Waals surface area contributed by atoms with Crippen molar-refractivity contribution in [1.29, 1.82) is 0 Å². The standard InChI is InChI=1S/C22H21NO5/c1-15-5-8-17(14-19(15)23-21(24)20-4-3-12-27-20)22(25)28-13-11-16-6-9-18(26-2)10-7-16/h3-10,12,14H,11,13H2,1-2H3,(H,23,24). The van der Waals surface area contributed by atoms with Crippen LogP contribution in [0.25, 0.3) is 0 Å². The van der Waals surface area contributed by atoms with Crippen molar-refractivity contribution in [3.63, 3.8) is 0 Å². The molecule has 3 rings (SSSR count). The summed E-state index contributed by atoms with van der Waals surface area (Å²) in [4.78, 5) is 24.5. The lowest BCUT2D eigenvalue weighted by molar-refractivity contribution is 0.0509. The normalized spacial score (nSPS) is 10.4. The Morgan fingerprint density at radius 1 is 1.07 bits per heavy atom. The highest BCUT2D eigenvalue weighted by molar-refractivity contribution is 6.03. The molecule has 0 aliphatic rings. The predicted octanol–water partition coefficient (Wildman–Crippen LogP) is 4.25. The number of amides is 1. The van der Waals surface area contributed by atoms with Crippen molar-refractivity contribution < 1.29 is 23.5 Å². The van der Waals surface area contributed by atoms with Crippen molar-refractivity contribution in [1.82, 2.24) is 0 Å². The molecule has 1 aromatic heterocycles. The fourth-order valence-corrected chi connectivity index (χ4v) is 2.61. The molecule has 6 nitrogen and oxygen atoms in total. The number of rotatable bonds is 7. The third-order valence-corrected chi connectivity index (χ3v) is 4.25. The van der Waals surface area contributed by atoms with Gasteiger partial charge in [-0.15, -0.1) is 0 Å². The lowest BCUT2D eigenvalue weighted by Crippen LogP contribution is -2.13. The van der Waals surface area contributed by atoms with E-state index in [1.807, 2.05) is 31.2 Å². The van der Waals surface area contributed by atoms with Crippen molar-refractivity contribution in [3.05, 3.63) is 83.3 Å². The summed E-state index contributed by atoms with van der Waals surface area (Å²) in [7, 11) is 1.61. The van der Waals surface area contributed by atoms with Gasteiger partial charge in [0.15, 0.2) is 5.76 Å². The van der Waals surface area contributed by atoms with E-state index in [4.69, 9.17) is 13.9 Å². The van der Waals surface area contributed by atoms with E-state index in [1.165, 1.54) is 6.26 Å². The number of aryl methyl sites for hydroxylation is 1. The van der Waals surface area contributed by atoms with Crippen LogP contribution < -0.4 is 10.1 Å². The van der Waals surface area contributed by atoms with Gasteiger partial charge in [-0.2, -0.15) is 0 Å². The van der Waals surface area contributed by atoms with Crippen LogP contribution in [-0.2, 0) is 11.2 Å². The molecule has 0 atom stereocenters. The highest BCUT2D eigenvalue weighted by atomic mass is 16.5. The van der Waals surface area contributed by atoms with Gasteiger partial charge in [-0.05, 0) is 54.4 Å². The number of methoxy groups -OCH3 is 1. The SMILES string of the molecule is COc1ccc(CCOC(=O)c2ccc(C)c(NC(=O)c3ccco3)c2)cc1. The van der Waals surface area contributed by atoms with Gasteiger partial charge in [-0.3, -0.25) is 4.79 Å². The number of ether oxygens (including phenoxy) is 2. The smallest absolute Gasteiger partial charge is 0.338 e. The summed E-state index contributed by atoms with van der Waals surface area (Å²) >= 11 is 0. The van der Waals surface area contributed by atoms with Crippen LogP contribution in [0.1, 0.15) is 32.0 Å². The third kappa shape index (κ3) is 4.79. The Kier molecular flexibility index (Phi) is 6.11. The minimum absolute atomic E-state index is 0.201. The number of furan rings is 1. The zero-order chi connectivity index (χ0) is 19.9. The number of hydrogen-bond donors (Lipinski definition) is 1. The van der Waals surface area contributed by atoms with E-state index in [2.05, 4.69) is 5.32 Å².